The van der Waals surface area contributed by atoms with E-state index in [9.17, 15) is 9.18 Å². The lowest BCUT2D eigenvalue weighted by atomic mass is 10.1. The van der Waals surface area contributed by atoms with Gasteiger partial charge in [0, 0.05) is 4.88 Å². The summed E-state index contributed by atoms with van der Waals surface area (Å²) in [6, 6.07) is 13.4. The van der Waals surface area contributed by atoms with Gasteiger partial charge in [0.15, 0.2) is 0 Å². The van der Waals surface area contributed by atoms with Gasteiger partial charge in [-0.15, -0.1) is 11.3 Å². The van der Waals surface area contributed by atoms with Crippen molar-refractivity contribution in [2.24, 2.45) is 0 Å². The molecule has 5 heteroatoms. The Bertz CT molecular complexity index is 790. The third-order valence-corrected chi connectivity index (χ3v) is 4.12. The van der Waals surface area contributed by atoms with Crippen LogP contribution in [-0.4, -0.2) is 5.91 Å². The van der Waals surface area contributed by atoms with Crippen LogP contribution in [0.1, 0.15) is 16.2 Å². The largest absolute Gasteiger partial charge is 0.467 e. The molecule has 0 radical (unpaired) electrons. The number of carbonyl (C=O) groups excluding carboxylic acids is 1. The first kappa shape index (κ1) is 15.2. The van der Waals surface area contributed by atoms with Gasteiger partial charge in [0.05, 0.1) is 18.4 Å². The minimum atomic E-state index is -0.304. The molecule has 0 atom stereocenters. The average Bonchev–Trinajstić information content (AvgIpc) is 3.25. The highest BCUT2D eigenvalue weighted by Crippen LogP contribution is 2.23. The van der Waals surface area contributed by atoms with Crippen molar-refractivity contribution in [1.82, 2.24) is 5.32 Å². The van der Waals surface area contributed by atoms with Crippen molar-refractivity contribution in [2.75, 3.05) is 0 Å². The number of hydrogen-bond acceptors (Lipinski definition) is 3. The second-order valence-electron chi connectivity index (χ2n) is 4.85. The van der Waals surface area contributed by atoms with Crippen LogP contribution in [0.15, 0.2) is 64.6 Å². The molecule has 3 rings (SSSR count). The summed E-state index contributed by atoms with van der Waals surface area (Å²) < 4.78 is 18.2. The van der Waals surface area contributed by atoms with Crippen LogP contribution in [0.2, 0.25) is 0 Å². The molecule has 0 bridgehead atoms. The van der Waals surface area contributed by atoms with E-state index in [4.69, 9.17) is 4.42 Å². The van der Waals surface area contributed by atoms with E-state index in [1.165, 1.54) is 23.5 Å². The van der Waals surface area contributed by atoms with Crippen molar-refractivity contribution in [1.29, 1.82) is 0 Å². The molecule has 2 aromatic heterocycles. The zero-order valence-corrected chi connectivity index (χ0v) is 13.0. The van der Waals surface area contributed by atoms with E-state index in [0.29, 0.717) is 17.9 Å². The van der Waals surface area contributed by atoms with Crippen molar-refractivity contribution in [3.05, 3.63) is 82.2 Å². The van der Waals surface area contributed by atoms with E-state index in [-0.39, 0.29) is 11.7 Å². The number of halogens is 1. The molecular weight excluding hydrogens is 313 g/mol. The van der Waals surface area contributed by atoms with Crippen molar-refractivity contribution < 1.29 is 13.6 Å². The SMILES string of the molecule is O=C(NCc1ccco1)C(=Cc1ccc(F)cc1)c1cccs1. The van der Waals surface area contributed by atoms with E-state index in [1.807, 2.05) is 17.5 Å². The Morgan fingerprint density at radius 3 is 2.65 bits per heavy atom. The predicted molar refractivity (Wildman–Crippen MR) is 89.1 cm³/mol. The van der Waals surface area contributed by atoms with Crippen molar-refractivity contribution in [3.8, 4) is 0 Å². The normalized spacial score (nSPS) is 11.4. The topological polar surface area (TPSA) is 42.2 Å². The van der Waals surface area contributed by atoms with E-state index < -0.39 is 0 Å². The van der Waals surface area contributed by atoms with Gasteiger partial charge in [-0.25, -0.2) is 4.39 Å². The second kappa shape index (κ2) is 7.07. The molecule has 1 N–H and O–H groups in total. The standard InChI is InChI=1S/C18H14FNO2S/c19-14-7-5-13(6-8-14)11-16(17-4-2-10-23-17)18(21)20-12-15-3-1-9-22-15/h1-11H,12H2,(H,20,21). The van der Waals surface area contributed by atoms with Crippen LogP contribution in [0.4, 0.5) is 4.39 Å². The lowest BCUT2D eigenvalue weighted by Gasteiger charge is -2.07. The summed E-state index contributed by atoms with van der Waals surface area (Å²) in [5.41, 5.74) is 1.31. The summed E-state index contributed by atoms with van der Waals surface area (Å²) in [5.74, 6) is 0.181. The van der Waals surface area contributed by atoms with Gasteiger partial charge in [-0.2, -0.15) is 0 Å². The zero-order chi connectivity index (χ0) is 16.1. The first-order chi connectivity index (χ1) is 11.2. The van der Waals surface area contributed by atoms with Crippen molar-refractivity contribution in [2.45, 2.75) is 6.54 Å². The Morgan fingerprint density at radius 2 is 2.00 bits per heavy atom. The summed E-state index contributed by atoms with van der Waals surface area (Å²) in [5, 5.41) is 4.75. The van der Waals surface area contributed by atoms with E-state index >= 15 is 0 Å². The third-order valence-electron chi connectivity index (χ3n) is 3.22. The molecule has 0 aliphatic rings. The molecule has 2 heterocycles. The van der Waals surface area contributed by atoms with E-state index in [2.05, 4.69) is 5.32 Å². The van der Waals surface area contributed by atoms with Crippen molar-refractivity contribution >= 4 is 28.9 Å². The van der Waals surface area contributed by atoms with Crippen LogP contribution < -0.4 is 5.32 Å². The number of carbonyl (C=O) groups is 1. The van der Waals surface area contributed by atoms with Crippen LogP contribution in [-0.2, 0) is 11.3 Å². The zero-order valence-electron chi connectivity index (χ0n) is 12.2. The van der Waals surface area contributed by atoms with Crippen LogP contribution in [0, 0.1) is 5.82 Å². The Balaban J connectivity index is 1.83. The van der Waals surface area contributed by atoms with Gasteiger partial charge in [0.1, 0.15) is 11.6 Å². The van der Waals surface area contributed by atoms with Crippen LogP contribution in [0.3, 0.4) is 0 Å². The quantitative estimate of drug-likeness (QED) is 0.709. The Kier molecular flexibility index (Phi) is 4.68. The second-order valence-corrected chi connectivity index (χ2v) is 5.80. The first-order valence-corrected chi connectivity index (χ1v) is 7.92. The lowest BCUT2D eigenvalue weighted by molar-refractivity contribution is -0.115. The number of amides is 1. The predicted octanol–water partition coefficient (Wildman–Crippen LogP) is 4.34. The van der Waals surface area contributed by atoms with Crippen LogP contribution in [0.5, 0.6) is 0 Å². The molecule has 0 fully saturated rings. The molecule has 1 amide bonds. The van der Waals surface area contributed by atoms with Gasteiger partial charge >= 0.3 is 0 Å². The molecule has 3 aromatic rings. The van der Waals surface area contributed by atoms with Gasteiger partial charge < -0.3 is 9.73 Å². The maximum absolute atomic E-state index is 13.0. The fraction of sp³-hybridized carbons (Fsp3) is 0.0556. The van der Waals surface area contributed by atoms with Gasteiger partial charge in [0.25, 0.3) is 5.91 Å². The molecule has 0 spiro atoms. The minimum Gasteiger partial charge on any atom is -0.467 e. The Labute approximate surface area is 137 Å². The number of thiophene rings is 1. The highest BCUT2D eigenvalue weighted by atomic mass is 32.1. The Hall–Kier alpha value is -2.66. The molecule has 0 aliphatic carbocycles. The van der Waals surface area contributed by atoms with Crippen LogP contribution in [0.25, 0.3) is 11.6 Å². The summed E-state index contributed by atoms with van der Waals surface area (Å²) >= 11 is 1.48. The highest BCUT2D eigenvalue weighted by molar-refractivity contribution is 7.11. The monoisotopic (exact) mass is 327 g/mol. The molecule has 0 saturated carbocycles. The lowest BCUT2D eigenvalue weighted by Crippen LogP contribution is -2.23. The molecular formula is C18H14FNO2S. The van der Waals surface area contributed by atoms with E-state index in [1.54, 1.807) is 36.6 Å². The van der Waals surface area contributed by atoms with E-state index in [0.717, 1.165) is 10.4 Å². The van der Waals surface area contributed by atoms with Gasteiger partial charge in [-0.3, -0.25) is 4.79 Å². The summed E-state index contributed by atoms with van der Waals surface area (Å²) in [6.07, 6.45) is 3.32. The molecule has 0 saturated heterocycles. The summed E-state index contributed by atoms with van der Waals surface area (Å²) in [7, 11) is 0. The molecule has 1 aromatic carbocycles. The number of benzene rings is 1. The number of rotatable bonds is 5. The number of hydrogen-bond donors (Lipinski definition) is 1. The molecule has 0 unspecified atom stereocenters. The number of furan rings is 1. The maximum atomic E-state index is 13.0. The Morgan fingerprint density at radius 1 is 1.17 bits per heavy atom. The van der Waals surface area contributed by atoms with Gasteiger partial charge in [-0.05, 0) is 47.4 Å². The molecule has 23 heavy (non-hydrogen) atoms. The minimum absolute atomic E-state index is 0.201. The fourth-order valence-corrected chi connectivity index (χ4v) is 2.82. The maximum Gasteiger partial charge on any atom is 0.253 e. The summed E-state index contributed by atoms with van der Waals surface area (Å²) in [6.45, 7) is 0.317. The van der Waals surface area contributed by atoms with Gasteiger partial charge in [-0.1, -0.05) is 18.2 Å². The number of nitrogens with one attached hydrogen (secondary N) is 1. The highest BCUT2D eigenvalue weighted by Gasteiger charge is 2.13. The van der Waals surface area contributed by atoms with Crippen LogP contribution >= 0.6 is 11.3 Å². The first-order valence-electron chi connectivity index (χ1n) is 7.04. The molecule has 0 aliphatic heterocycles. The van der Waals surface area contributed by atoms with Crippen molar-refractivity contribution in [3.63, 3.8) is 0 Å². The average molecular weight is 327 g/mol. The smallest absolute Gasteiger partial charge is 0.253 e. The van der Waals surface area contributed by atoms with Gasteiger partial charge in [0.2, 0.25) is 0 Å². The summed E-state index contributed by atoms with van der Waals surface area (Å²) in [4.78, 5) is 13.4. The fourth-order valence-electron chi connectivity index (χ4n) is 2.08. The molecule has 3 nitrogen and oxygen atoms in total. The molecule has 116 valence electrons. The third kappa shape index (κ3) is 3.96.